The molecule has 2 aromatic carbocycles. The normalized spacial score (nSPS) is 15.5. The lowest BCUT2D eigenvalue weighted by Gasteiger charge is -2.00. The van der Waals surface area contributed by atoms with Gasteiger partial charge in [-0.05, 0) is 54.2 Å². The number of benzene rings is 2. The molecule has 0 aliphatic carbocycles. The fraction of sp³-hybridized carbons (Fsp3) is 0. The number of thioether (sulfide) groups is 1. The van der Waals surface area contributed by atoms with Crippen LogP contribution in [-0.4, -0.2) is 20.9 Å². The smallest absolute Gasteiger partial charge is 0.282 e. The van der Waals surface area contributed by atoms with E-state index in [1.54, 1.807) is 29.1 Å². The van der Waals surface area contributed by atoms with Crippen molar-refractivity contribution in [3.8, 4) is 16.9 Å². The third kappa shape index (κ3) is 3.16. The highest BCUT2D eigenvalue weighted by Crippen LogP contribution is 2.30. The summed E-state index contributed by atoms with van der Waals surface area (Å²) in [4.78, 5) is 23.6. The molecule has 2 heterocycles. The molecule has 0 bridgehead atoms. The Bertz CT molecular complexity index is 1030. The molecule has 1 aliphatic heterocycles. The molecular formula is C19H12FN3O2S. The zero-order chi connectivity index (χ0) is 18.1. The van der Waals surface area contributed by atoms with E-state index in [9.17, 15) is 14.0 Å². The number of imide groups is 1. The van der Waals surface area contributed by atoms with Gasteiger partial charge in [-0.3, -0.25) is 14.9 Å². The zero-order valence-corrected chi connectivity index (χ0v) is 14.2. The molecule has 1 fully saturated rings. The van der Waals surface area contributed by atoms with Gasteiger partial charge in [-0.1, -0.05) is 18.2 Å². The van der Waals surface area contributed by atoms with Gasteiger partial charge < -0.3 is 0 Å². The van der Waals surface area contributed by atoms with Crippen molar-refractivity contribution in [3.63, 3.8) is 0 Å². The number of para-hydroxylation sites is 1. The van der Waals surface area contributed by atoms with Crippen LogP contribution < -0.4 is 5.32 Å². The molecule has 26 heavy (non-hydrogen) atoms. The van der Waals surface area contributed by atoms with Crippen molar-refractivity contribution in [2.24, 2.45) is 0 Å². The van der Waals surface area contributed by atoms with Crippen molar-refractivity contribution >= 4 is 29.0 Å². The van der Waals surface area contributed by atoms with Gasteiger partial charge in [0.15, 0.2) is 0 Å². The van der Waals surface area contributed by atoms with Crippen LogP contribution in [0.5, 0.6) is 0 Å². The Labute approximate surface area is 152 Å². The van der Waals surface area contributed by atoms with Crippen molar-refractivity contribution in [2.45, 2.75) is 0 Å². The second kappa shape index (κ2) is 6.61. The number of carbonyl (C=O) groups is 2. The van der Waals surface area contributed by atoms with Gasteiger partial charge in [-0.2, -0.15) is 5.10 Å². The molecule has 7 heteroatoms. The molecule has 5 nitrogen and oxygen atoms in total. The molecule has 1 N–H and O–H groups in total. The van der Waals surface area contributed by atoms with Gasteiger partial charge in [0.05, 0.1) is 16.3 Å². The molecule has 128 valence electrons. The summed E-state index contributed by atoms with van der Waals surface area (Å²) in [5, 5.41) is 6.42. The van der Waals surface area contributed by atoms with Gasteiger partial charge in [0, 0.05) is 17.3 Å². The number of nitrogens with one attached hydrogen (secondary N) is 1. The van der Waals surface area contributed by atoms with Gasteiger partial charge in [-0.25, -0.2) is 9.07 Å². The fourth-order valence-electron chi connectivity index (χ4n) is 2.60. The number of aromatic nitrogens is 2. The summed E-state index contributed by atoms with van der Waals surface area (Å²) in [6, 6.07) is 15.5. The third-order valence-electron chi connectivity index (χ3n) is 3.81. The van der Waals surface area contributed by atoms with E-state index in [1.807, 2.05) is 30.3 Å². The maximum Gasteiger partial charge on any atom is 0.290 e. The van der Waals surface area contributed by atoms with Crippen molar-refractivity contribution < 1.29 is 14.0 Å². The number of amides is 2. The van der Waals surface area contributed by atoms with Gasteiger partial charge >= 0.3 is 0 Å². The van der Waals surface area contributed by atoms with Gasteiger partial charge in [0.1, 0.15) is 5.82 Å². The van der Waals surface area contributed by atoms with Crippen LogP contribution in [-0.2, 0) is 4.79 Å². The molecule has 2 amide bonds. The summed E-state index contributed by atoms with van der Waals surface area (Å²) >= 11 is 0.844. The lowest BCUT2D eigenvalue weighted by molar-refractivity contribution is -0.115. The summed E-state index contributed by atoms with van der Waals surface area (Å²) in [6.45, 7) is 0. The van der Waals surface area contributed by atoms with Crippen molar-refractivity contribution in [2.75, 3.05) is 0 Å². The first-order chi connectivity index (χ1) is 12.6. The number of hydrogen-bond acceptors (Lipinski definition) is 4. The summed E-state index contributed by atoms with van der Waals surface area (Å²) in [5.41, 5.74) is 2.81. The van der Waals surface area contributed by atoms with E-state index in [-0.39, 0.29) is 5.82 Å². The first kappa shape index (κ1) is 16.3. The van der Waals surface area contributed by atoms with E-state index in [2.05, 4.69) is 10.4 Å². The van der Waals surface area contributed by atoms with Crippen LogP contribution in [0.15, 0.2) is 65.7 Å². The van der Waals surface area contributed by atoms with E-state index in [4.69, 9.17) is 0 Å². The zero-order valence-electron chi connectivity index (χ0n) is 13.3. The van der Waals surface area contributed by atoms with Crippen molar-refractivity contribution in [3.05, 3.63) is 77.1 Å². The summed E-state index contributed by atoms with van der Waals surface area (Å²) in [7, 11) is 0. The van der Waals surface area contributed by atoms with Gasteiger partial charge in [0.25, 0.3) is 11.1 Å². The van der Waals surface area contributed by atoms with Crippen LogP contribution in [0.1, 0.15) is 5.56 Å². The maximum atomic E-state index is 13.3. The number of rotatable bonds is 3. The van der Waals surface area contributed by atoms with Gasteiger partial charge in [-0.15, -0.1) is 0 Å². The Morgan fingerprint density at radius 3 is 2.42 bits per heavy atom. The minimum atomic E-state index is -0.433. The monoisotopic (exact) mass is 365 g/mol. The lowest BCUT2D eigenvalue weighted by atomic mass is 10.1. The topological polar surface area (TPSA) is 64.0 Å². The molecule has 1 aromatic heterocycles. The first-order valence-corrected chi connectivity index (χ1v) is 8.58. The maximum absolute atomic E-state index is 13.3. The molecule has 0 spiro atoms. The molecule has 1 aliphatic rings. The van der Waals surface area contributed by atoms with Crippen LogP contribution in [0.4, 0.5) is 9.18 Å². The highest BCUT2D eigenvalue weighted by atomic mass is 32.2. The fourth-order valence-corrected chi connectivity index (χ4v) is 3.27. The molecule has 0 radical (unpaired) electrons. The van der Waals surface area contributed by atoms with Crippen molar-refractivity contribution in [1.82, 2.24) is 15.1 Å². The van der Waals surface area contributed by atoms with Crippen LogP contribution in [0.2, 0.25) is 0 Å². The second-order valence-electron chi connectivity index (χ2n) is 5.57. The largest absolute Gasteiger partial charge is 0.290 e. The highest BCUT2D eigenvalue weighted by molar-refractivity contribution is 8.18. The average molecular weight is 365 g/mol. The number of carbonyl (C=O) groups excluding carboxylic acids is 2. The summed E-state index contributed by atoms with van der Waals surface area (Å²) in [6.07, 6.45) is 3.40. The number of halogens is 1. The van der Waals surface area contributed by atoms with Crippen LogP contribution in [0.3, 0.4) is 0 Å². The van der Waals surface area contributed by atoms with Crippen molar-refractivity contribution in [1.29, 1.82) is 0 Å². The van der Waals surface area contributed by atoms with E-state index < -0.39 is 11.1 Å². The Hall–Kier alpha value is -3.19. The third-order valence-corrected chi connectivity index (χ3v) is 4.62. The van der Waals surface area contributed by atoms with Crippen LogP contribution >= 0.6 is 11.8 Å². The Morgan fingerprint density at radius 2 is 1.77 bits per heavy atom. The molecule has 0 atom stereocenters. The predicted molar refractivity (Wildman–Crippen MR) is 98.1 cm³/mol. The Kier molecular flexibility index (Phi) is 4.14. The predicted octanol–water partition coefficient (Wildman–Crippen LogP) is 4.00. The Balaban J connectivity index is 1.84. The lowest BCUT2D eigenvalue weighted by Crippen LogP contribution is -2.17. The quantitative estimate of drug-likeness (QED) is 0.713. The van der Waals surface area contributed by atoms with E-state index >= 15 is 0 Å². The van der Waals surface area contributed by atoms with E-state index in [1.165, 1.54) is 12.1 Å². The molecule has 0 saturated carbocycles. The minimum Gasteiger partial charge on any atom is -0.282 e. The summed E-state index contributed by atoms with van der Waals surface area (Å²) < 4.78 is 14.9. The van der Waals surface area contributed by atoms with Crippen LogP contribution in [0, 0.1) is 5.82 Å². The van der Waals surface area contributed by atoms with Gasteiger partial charge in [0.2, 0.25) is 0 Å². The molecule has 3 aromatic rings. The Morgan fingerprint density at radius 1 is 1.04 bits per heavy atom. The SMILES string of the molecule is O=C1NC(=O)/C(=C/c2cn(-c3ccccc3)nc2-c2ccc(F)cc2)S1. The molecule has 0 unspecified atom stereocenters. The van der Waals surface area contributed by atoms with Crippen LogP contribution in [0.25, 0.3) is 23.0 Å². The van der Waals surface area contributed by atoms with E-state index in [0.29, 0.717) is 21.7 Å². The first-order valence-electron chi connectivity index (χ1n) is 7.76. The standard InChI is InChI=1S/C19H12FN3O2S/c20-14-8-6-12(7-9-14)17-13(10-16-18(24)21-19(25)26-16)11-23(22-17)15-4-2-1-3-5-15/h1-11H,(H,21,24,25)/b16-10-. The highest BCUT2D eigenvalue weighted by Gasteiger charge is 2.26. The summed E-state index contributed by atoms with van der Waals surface area (Å²) in [5.74, 6) is -0.773. The molecule has 4 rings (SSSR count). The minimum absolute atomic E-state index is 0.297. The number of hydrogen-bond donors (Lipinski definition) is 1. The second-order valence-corrected chi connectivity index (χ2v) is 6.59. The molecular weight excluding hydrogens is 353 g/mol. The number of nitrogens with zero attached hydrogens (tertiary/aromatic N) is 2. The molecule has 1 saturated heterocycles. The van der Waals surface area contributed by atoms with E-state index in [0.717, 1.165) is 17.4 Å². The average Bonchev–Trinajstić information content (AvgIpc) is 3.20.